The molecule has 2 heterocycles. The van der Waals surface area contributed by atoms with Crippen molar-refractivity contribution in [2.75, 3.05) is 11.1 Å². The van der Waals surface area contributed by atoms with Gasteiger partial charge in [-0.1, -0.05) is 36.4 Å². The molecular formula is C22H17NO5S. The minimum absolute atomic E-state index is 0.0444. The van der Waals surface area contributed by atoms with Crippen LogP contribution in [0, 0.1) is 0 Å². The van der Waals surface area contributed by atoms with E-state index in [4.69, 9.17) is 9.47 Å². The highest BCUT2D eigenvalue weighted by atomic mass is 32.2. The second-order valence-corrected chi connectivity index (χ2v) is 8.70. The lowest BCUT2D eigenvalue weighted by Gasteiger charge is -2.37. The lowest BCUT2D eigenvalue weighted by molar-refractivity contribution is 0.0969. The summed E-state index contributed by atoms with van der Waals surface area (Å²) in [5.74, 6) is 1.06. The minimum atomic E-state index is -3.90. The summed E-state index contributed by atoms with van der Waals surface area (Å²) < 4.78 is 39.4. The summed E-state index contributed by atoms with van der Waals surface area (Å²) in [5.41, 5.74) is 1.47. The van der Waals surface area contributed by atoms with Gasteiger partial charge in [-0.05, 0) is 42.0 Å². The molecule has 5 rings (SSSR count). The molecule has 0 aliphatic carbocycles. The molecule has 0 aromatic heterocycles. The van der Waals surface area contributed by atoms with Crippen molar-refractivity contribution < 1.29 is 22.7 Å². The Morgan fingerprint density at radius 3 is 2.41 bits per heavy atom. The van der Waals surface area contributed by atoms with Crippen LogP contribution in [0.4, 0.5) is 5.69 Å². The molecule has 0 fully saturated rings. The van der Waals surface area contributed by atoms with Crippen LogP contribution in [0.15, 0.2) is 77.7 Å². The minimum Gasteiger partial charge on any atom is -0.454 e. The van der Waals surface area contributed by atoms with Gasteiger partial charge in [-0.25, -0.2) is 8.42 Å². The Morgan fingerprint density at radius 2 is 1.59 bits per heavy atom. The number of rotatable bonds is 3. The van der Waals surface area contributed by atoms with Gasteiger partial charge < -0.3 is 9.47 Å². The van der Waals surface area contributed by atoms with Crippen molar-refractivity contribution >= 4 is 21.5 Å². The molecule has 3 aromatic carbocycles. The largest absolute Gasteiger partial charge is 0.454 e. The number of sulfonamides is 1. The molecule has 0 radical (unpaired) electrons. The summed E-state index contributed by atoms with van der Waals surface area (Å²) >= 11 is 0. The zero-order valence-electron chi connectivity index (χ0n) is 15.3. The third kappa shape index (κ3) is 2.86. The molecule has 7 heteroatoms. The maximum absolute atomic E-state index is 13.6. The molecule has 0 saturated heterocycles. The van der Waals surface area contributed by atoms with Gasteiger partial charge in [-0.3, -0.25) is 9.10 Å². The van der Waals surface area contributed by atoms with Gasteiger partial charge in [0.25, 0.3) is 10.0 Å². The van der Waals surface area contributed by atoms with E-state index in [2.05, 4.69) is 0 Å². The molecule has 6 nitrogen and oxygen atoms in total. The van der Waals surface area contributed by atoms with E-state index < -0.39 is 16.1 Å². The first kappa shape index (κ1) is 17.8. The van der Waals surface area contributed by atoms with Gasteiger partial charge >= 0.3 is 0 Å². The van der Waals surface area contributed by atoms with Gasteiger partial charge in [0, 0.05) is 12.0 Å². The predicted molar refractivity (Wildman–Crippen MR) is 107 cm³/mol. The molecule has 0 bridgehead atoms. The standard InChI is InChI=1S/C22H17NO5S/c24-20-13-19(15-10-11-21-22(12-15)28-14-27-21)23(18-9-5-4-8-17(18)20)29(25,26)16-6-2-1-3-7-16/h1-12,19H,13-14H2. The lowest BCUT2D eigenvalue weighted by Crippen LogP contribution is -2.40. The second-order valence-electron chi connectivity index (χ2n) is 6.89. The number of carbonyl (C=O) groups excluding carboxylic acids is 1. The normalized spacial score (nSPS) is 17.9. The first-order valence-electron chi connectivity index (χ1n) is 9.17. The Kier molecular flexibility index (Phi) is 4.06. The van der Waals surface area contributed by atoms with E-state index in [-0.39, 0.29) is 23.9 Å². The number of ether oxygens (including phenoxy) is 2. The fourth-order valence-corrected chi connectivity index (χ4v) is 5.49. The van der Waals surface area contributed by atoms with E-state index >= 15 is 0 Å². The maximum Gasteiger partial charge on any atom is 0.264 e. The van der Waals surface area contributed by atoms with Gasteiger partial charge in [-0.2, -0.15) is 0 Å². The number of para-hydroxylation sites is 1. The molecule has 0 spiro atoms. The molecule has 2 aliphatic heterocycles. The van der Waals surface area contributed by atoms with Crippen LogP contribution in [0.3, 0.4) is 0 Å². The smallest absolute Gasteiger partial charge is 0.264 e. The van der Waals surface area contributed by atoms with Crippen molar-refractivity contribution in [1.82, 2.24) is 0 Å². The zero-order valence-corrected chi connectivity index (χ0v) is 16.1. The maximum atomic E-state index is 13.6. The molecular weight excluding hydrogens is 390 g/mol. The molecule has 0 saturated carbocycles. The number of carbonyl (C=O) groups is 1. The van der Waals surface area contributed by atoms with Gasteiger partial charge in [0.05, 0.1) is 16.6 Å². The molecule has 29 heavy (non-hydrogen) atoms. The second kappa shape index (κ2) is 6.63. The van der Waals surface area contributed by atoms with Crippen LogP contribution in [0.2, 0.25) is 0 Å². The highest BCUT2D eigenvalue weighted by molar-refractivity contribution is 7.92. The van der Waals surface area contributed by atoms with E-state index in [1.807, 2.05) is 0 Å². The number of Topliss-reactive ketones (excluding diaryl/α,β-unsaturated/α-hetero) is 1. The Morgan fingerprint density at radius 1 is 0.862 bits per heavy atom. The van der Waals surface area contributed by atoms with Crippen LogP contribution in [0.25, 0.3) is 0 Å². The highest BCUT2D eigenvalue weighted by Gasteiger charge is 2.40. The van der Waals surface area contributed by atoms with Crippen molar-refractivity contribution in [3.05, 3.63) is 83.9 Å². The number of fused-ring (bicyclic) bond motifs is 2. The van der Waals surface area contributed by atoms with E-state index in [1.165, 1.54) is 4.31 Å². The first-order valence-corrected chi connectivity index (χ1v) is 10.6. The molecule has 0 N–H and O–H groups in total. The van der Waals surface area contributed by atoms with E-state index in [0.29, 0.717) is 28.3 Å². The van der Waals surface area contributed by atoms with Crippen LogP contribution in [0.1, 0.15) is 28.4 Å². The molecule has 146 valence electrons. The van der Waals surface area contributed by atoms with Gasteiger partial charge in [0.1, 0.15) is 0 Å². The number of hydrogen-bond donors (Lipinski definition) is 0. The van der Waals surface area contributed by atoms with E-state index in [1.54, 1.807) is 72.8 Å². The van der Waals surface area contributed by atoms with Gasteiger partial charge in [-0.15, -0.1) is 0 Å². The summed E-state index contributed by atoms with van der Waals surface area (Å²) in [5, 5.41) is 0. The van der Waals surface area contributed by atoms with E-state index in [9.17, 15) is 13.2 Å². The molecule has 3 aromatic rings. The predicted octanol–water partition coefficient (Wildman–Crippen LogP) is 3.94. The summed E-state index contributed by atoms with van der Waals surface area (Å²) in [7, 11) is -3.90. The Bertz CT molecular complexity index is 1210. The summed E-state index contributed by atoms with van der Waals surface area (Å²) in [6.07, 6.45) is 0.0444. The molecule has 0 amide bonds. The average molecular weight is 407 g/mol. The van der Waals surface area contributed by atoms with Crippen molar-refractivity contribution in [1.29, 1.82) is 0 Å². The molecule has 2 aliphatic rings. The van der Waals surface area contributed by atoms with Gasteiger partial charge in [0.15, 0.2) is 17.3 Å². The Balaban J connectivity index is 1.70. The monoisotopic (exact) mass is 407 g/mol. The quantitative estimate of drug-likeness (QED) is 0.658. The third-order valence-electron chi connectivity index (χ3n) is 5.19. The van der Waals surface area contributed by atoms with Crippen molar-refractivity contribution in [2.45, 2.75) is 17.4 Å². The zero-order chi connectivity index (χ0) is 20.0. The van der Waals surface area contributed by atoms with Crippen molar-refractivity contribution in [3.8, 4) is 11.5 Å². The summed E-state index contributed by atoms with van der Waals surface area (Å²) in [6, 6.07) is 19.7. The Hall–Kier alpha value is -3.32. The third-order valence-corrected chi connectivity index (χ3v) is 7.02. The highest BCUT2D eigenvalue weighted by Crippen LogP contribution is 2.44. The summed E-state index contributed by atoms with van der Waals surface area (Å²) in [4.78, 5) is 13.0. The fraction of sp³-hybridized carbons (Fsp3) is 0.136. The fourth-order valence-electron chi connectivity index (χ4n) is 3.81. The van der Waals surface area contributed by atoms with Crippen LogP contribution in [-0.2, 0) is 10.0 Å². The number of nitrogens with zero attached hydrogens (tertiary/aromatic N) is 1. The number of ketones is 1. The van der Waals surface area contributed by atoms with Crippen molar-refractivity contribution in [3.63, 3.8) is 0 Å². The van der Waals surface area contributed by atoms with Crippen LogP contribution in [-0.4, -0.2) is 21.0 Å². The molecule has 1 atom stereocenters. The average Bonchev–Trinajstić information content (AvgIpc) is 3.22. The van der Waals surface area contributed by atoms with Crippen LogP contribution < -0.4 is 13.8 Å². The van der Waals surface area contributed by atoms with Crippen LogP contribution >= 0.6 is 0 Å². The molecule has 1 unspecified atom stereocenters. The van der Waals surface area contributed by atoms with E-state index in [0.717, 1.165) is 0 Å². The lowest BCUT2D eigenvalue weighted by atomic mass is 9.92. The number of hydrogen-bond acceptors (Lipinski definition) is 5. The van der Waals surface area contributed by atoms with Crippen LogP contribution in [0.5, 0.6) is 11.5 Å². The first-order chi connectivity index (χ1) is 14.1. The van der Waals surface area contributed by atoms with Crippen molar-refractivity contribution in [2.24, 2.45) is 0 Å². The summed E-state index contributed by atoms with van der Waals surface area (Å²) in [6.45, 7) is 0.122. The number of anilines is 1. The SMILES string of the molecule is O=C1CC(c2ccc3c(c2)OCO3)N(S(=O)(=O)c2ccccc2)c2ccccc21. The number of benzene rings is 3. The topological polar surface area (TPSA) is 72.9 Å². The van der Waals surface area contributed by atoms with Gasteiger partial charge in [0.2, 0.25) is 6.79 Å². The Labute approximate surface area is 168 Å².